The van der Waals surface area contributed by atoms with Crippen molar-refractivity contribution in [2.24, 2.45) is 5.73 Å². The lowest BCUT2D eigenvalue weighted by Gasteiger charge is -2.18. The molecule has 0 saturated carbocycles. The molecule has 4 N–H and O–H groups in total. The van der Waals surface area contributed by atoms with Gasteiger partial charge >= 0.3 is 0 Å². The van der Waals surface area contributed by atoms with Crippen LogP contribution in [0.1, 0.15) is 28.9 Å². The molecule has 0 aliphatic rings. The molecule has 0 spiro atoms. The summed E-state index contributed by atoms with van der Waals surface area (Å²) in [5.74, 6) is -0.567. The molecule has 1 atom stereocenters. The quantitative estimate of drug-likeness (QED) is 0.495. The van der Waals surface area contributed by atoms with E-state index in [0.29, 0.717) is 11.3 Å². The molecule has 2 rings (SSSR count). The van der Waals surface area contributed by atoms with Crippen LogP contribution in [0.5, 0.6) is 17.2 Å². The fourth-order valence-electron chi connectivity index (χ4n) is 2.75. The molecule has 0 bridgehead atoms. The van der Waals surface area contributed by atoms with Crippen LogP contribution in [-0.2, 0) is 14.8 Å². The van der Waals surface area contributed by atoms with Crippen molar-refractivity contribution in [1.82, 2.24) is 5.32 Å². The van der Waals surface area contributed by atoms with E-state index in [1.807, 2.05) is 0 Å². The number of nitrogens with two attached hydrogens (primary N) is 1. The Morgan fingerprint density at radius 1 is 1.10 bits per heavy atom. The number of hydrogen-bond acceptors (Lipinski definition) is 7. The topological polar surface area (TPSA) is 146 Å². The number of anilines is 1. The average molecular weight is 452 g/mol. The number of ether oxygens (including phenoxy) is 3. The van der Waals surface area contributed by atoms with Crippen molar-refractivity contribution < 1.29 is 32.2 Å². The Kier molecular flexibility index (Phi) is 7.70. The van der Waals surface area contributed by atoms with Crippen LogP contribution in [0.2, 0.25) is 0 Å². The summed E-state index contributed by atoms with van der Waals surface area (Å²) >= 11 is 0. The van der Waals surface area contributed by atoms with Crippen molar-refractivity contribution in [3.05, 3.63) is 47.5 Å². The summed E-state index contributed by atoms with van der Waals surface area (Å²) < 4.78 is 41.1. The zero-order valence-electron chi connectivity index (χ0n) is 17.6. The molecule has 0 saturated heterocycles. The molecular formula is C20H25N3O7S. The Hall–Kier alpha value is -3.47. The van der Waals surface area contributed by atoms with E-state index < -0.39 is 27.9 Å². The Balaban J connectivity index is 2.25. The third-order valence-electron chi connectivity index (χ3n) is 4.12. The van der Waals surface area contributed by atoms with Crippen LogP contribution in [0.15, 0.2) is 36.4 Å². The van der Waals surface area contributed by atoms with Gasteiger partial charge in [0.25, 0.3) is 11.8 Å². The Morgan fingerprint density at radius 2 is 1.71 bits per heavy atom. The van der Waals surface area contributed by atoms with Gasteiger partial charge in [0.15, 0.2) is 18.1 Å². The van der Waals surface area contributed by atoms with E-state index in [4.69, 9.17) is 19.9 Å². The van der Waals surface area contributed by atoms with Gasteiger partial charge in [-0.05, 0) is 36.8 Å². The summed E-state index contributed by atoms with van der Waals surface area (Å²) in [6, 6.07) is 9.15. The maximum absolute atomic E-state index is 12.8. The number of rotatable bonds is 10. The number of sulfonamides is 1. The lowest BCUT2D eigenvalue weighted by atomic mass is 10.1. The number of amides is 2. The predicted octanol–water partition coefficient (Wildman–Crippen LogP) is 1.43. The second-order valence-electron chi connectivity index (χ2n) is 6.66. The smallest absolute Gasteiger partial charge is 0.255 e. The van der Waals surface area contributed by atoms with Crippen molar-refractivity contribution in [1.29, 1.82) is 0 Å². The van der Waals surface area contributed by atoms with E-state index >= 15 is 0 Å². The maximum atomic E-state index is 12.8. The highest BCUT2D eigenvalue weighted by Crippen LogP contribution is 2.38. The minimum Gasteiger partial charge on any atom is -0.493 e. The summed E-state index contributed by atoms with van der Waals surface area (Å²) in [6.45, 7) is 1.38. The Morgan fingerprint density at radius 3 is 2.23 bits per heavy atom. The van der Waals surface area contributed by atoms with Gasteiger partial charge in [-0.3, -0.25) is 14.3 Å². The number of hydrogen-bond donors (Lipinski definition) is 3. The number of benzene rings is 2. The van der Waals surface area contributed by atoms with Crippen LogP contribution >= 0.6 is 0 Å². The van der Waals surface area contributed by atoms with E-state index in [1.165, 1.54) is 26.4 Å². The molecule has 1 unspecified atom stereocenters. The minimum absolute atomic E-state index is 0.146. The van der Waals surface area contributed by atoms with Gasteiger partial charge in [0.1, 0.15) is 0 Å². The van der Waals surface area contributed by atoms with Gasteiger partial charge in [0, 0.05) is 11.3 Å². The normalized spacial score (nSPS) is 11.9. The lowest BCUT2D eigenvalue weighted by molar-refractivity contribution is -0.120. The maximum Gasteiger partial charge on any atom is 0.255 e. The zero-order chi connectivity index (χ0) is 23.2. The Bertz CT molecular complexity index is 1050. The summed E-state index contributed by atoms with van der Waals surface area (Å²) in [6.07, 6.45) is 1.06. The van der Waals surface area contributed by atoms with Crippen molar-refractivity contribution in [2.75, 3.05) is 31.8 Å². The number of carbonyl (C=O) groups excluding carboxylic acids is 2. The number of carbonyl (C=O) groups is 2. The molecule has 2 aromatic rings. The second kappa shape index (κ2) is 10.0. The summed E-state index contributed by atoms with van der Waals surface area (Å²) in [5.41, 5.74) is 6.43. The highest BCUT2D eigenvalue weighted by atomic mass is 32.2. The fraction of sp³-hybridized carbons (Fsp3) is 0.300. The molecule has 0 heterocycles. The zero-order valence-corrected chi connectivity index (χ0v) is 18.4. The second-order valence-corrected chi connectivity index (χ2v) is 8.41. The van der Waals surface area contributed by atoms with E-state index in [9.17, 15) is 18.0 Å². The molecule has 31 heavy (non-hydrogen) atoms. The Labute approximate surface area is 180 Å². The van der Waals surface area contributed by atoms with E-state index in [1.54, 1.807) is 31.2 Å². The van der Waals surface area contributed by atoms with Crippen LogP contribution in [0.25, 0.3) is 0 Å². The molecule has 0 aliphatic heterocycles. The van der Waals surface area contributed by atoms with E-state index in [-0.39, 0.29) is 29.4 Å². The third-order valence-corrected chi connectivity index (χ3v) is 4.73. The van der Waals surface area contributed by atoms with Gasteiger partial charge in [-0.25, -0.2) is 8.42 Å². The molecule has 0 radical (unpaired) electrons. The standard InChI is InChI=1S/C20H25N3O7S/c1-12(13-6-5-7-15(8-13)23-31(4,26)27)22-20(25)14-9-16(28-2)19(17(10-14)29-3)30-11-18(21)24/h5-10,12,23H,11H2,1-4H3,(H2,21,24)(H,22,25). The molecule has 2 aromatic carbocycles. The first-order valence-corrected chi connectivity index (χ1v) is 11.0. The molecule has 11 heteroatoms. The van der Waals surface area contributed by atoms with Gasteiger partial charge in [-0.15, -0.1) is 0 Å². The van der Waals surface area contributed by atoms with Gasteiger partial charge in [0.05, 0.1) is 26.5 Å². The third kappa shape index (κ3) is 6.78. The monoisotopic (exact) mass is 451 g/mol. The van der Waals surface area contributed by atoms with Crippen molar-refractivity contribution in [3.63, 3.8) is 0 Å². The highest BCUT2D eigenvalue weighted by molar-refractivity contribution is 7.92. The van der Waals surface area contributed by atoms with Crippen LogP contribution in [0.3, 0.4) is 0 Å². The molecule has 168 valence electrons. The number of methoxy groups -OCH3 is 2. The number of primary amides is 1. The highest BCUT2D eigenvalue weighted by Gasteiger charge is 2.20. The van der Waals surface area contributed by atoms with Crippen LogP contribution in [0, 0.1) is 0 Å². The van der Waals surface area contributed by atoms with Crippen LogP contribution in [0.4, 0.5) is 5.69 Å². The minimum atomic E-state index is -3.42. The van der Waals surface area contributed by atoms with Gasteiger partial charge < -0.3 is 25.3 Å². The first-order valence-electron chi connectivity index (χ1n) is 9.09. The largest absolute Gasteiger partial charge is 0.493 e. The van der Waals surface area contributed by atoms with Gasteiger partial charge in [-0.2, -0.15) is 0 Å². The first kappa shape index (κ1) is 23.8. The summed E-state index contributed by atoms with van der Waals surface area (Å²) in [7, 11) is -0.650. The fourth-order valence-corrected chi connectivity index (χ4v) is 3.30. The lowest BCUT2D eigenvalue weighted by Crippen LogP contribution is -2.27. The van der Waals surface area contributed by atoms with Crippen molar-refractivity contribution in [2.45, 2.75) is 13.0 Å². The summed E-state index contributed by atoms with van der Waals surface area (Å²) in [4.78, 5) is 23.8. The van der Waals surface area contributed by atoms with Gasteiger partial charge in [0.2, 0.25) is 15.8 Å². The predicted molar refractivity (Wildman–Crippen MR) is 115 cm³/mol. The molecule has 0 aromatic heterocycles. The van der Waals surface area contributed by atoms with Gasteiger partial charge in [-0.1, -0.05) is 12.1 Å². The molecule has 2 amide bonds. The SMILES string of the molecule is COc1cc(C(=O)NC(C)c2cccc(NS(C)(=O)=O)c2)cc(OC)c1OCC(N)=O. The molecular weight excluding hydrogens is 426 g/mol. The van der Waals surface area contributed by atoms with Crippen LogP contribution < -0.4 is 30.0 Å². The molecule has 10 nitrogen and oxygen atoms in total. The first-order chi connectivity index (χ1) is 14.5. The van der Waals surface area contributed by atoms with Crippen LogP contribution in [-0.4, -0.2) is 47.3 Å². The average Bonchev–Trinajstić information content (AvgIpc) is 2.70. The summed E-state index contributed by atoms with van der Waals surface area (Å²) in [5, 5.41) is 2.83. The number of nitrogens with one attached hydrogen (secondary N) is 2. The van der Waals surface area contributed by atoms with E-state index in [2.05, 4.69) is 10.0 Å². The van der Waals surface area contributed by atoms with E-state index in [0.717, 1.165) is 6.26 Å². The van der Waals surface area contributed by atoms with Crippen molar-refractivity contribution in [3.8, 4) is 17.2 Å². The van der Waals surface area contributed by atoms with Crippen molar-refractivity contribution >= 4 is 27.5 Å². The molecule has 0 fully saturated rings. The molecule has 0 aliphatic carbocycles.